The first-order chi connectivity index (χ1) is 8.25. The zero-order chi connectivity index (χ0) is 12.1. The van der Waals surface area contributed by atoms with Crippen LogP contribution >= 0.6 is 0 Å². The SMILES string of the molecule is CC1CCCN(CCc2ccccc2N)CC1. The molecule has 1 atom stereocenters. The molecule has 1 aliphatic rings. The highest BCUT2D eigenvalue weighted by atomic mass is 15.1. The van der Waals surface area contributed by atoms with Gasteiger partial charge in [0.15, 0.2) is 0 Å². The van der Waals surface area contributed by atoms with Crippen LogP contribution in [0, 0.1) is 5.92 Å². The second-order valence-corrected chi connectivity index (χ2v) is 5.33. The van der Waals surface area contributed by atoms with Gasteiger partial charge in [0, 0.05) is 12.2 Å². The zero-order valence-corrected chi connectivity index (χ0v) is 10.9. The van der Waals surface area contributed by atoms with Gasteiger partial charge in [-0.15, -0.1) is 0 Å². The average Bonchev–Trinajstić information content (AvgIpc) is 2.53. The van der Waals surface area contributed by atoms with Gasteiger partial charge in [-0.2, -0.15) is 0 Å². The Hall–Kier alpha value is -1.02. The lowest BCUT2D eigenvalue weighted by Crippen LogP contribution is -2.27. The third-order valence-corrected chi connectivity index (χ3v) is 3.86. The minimum Gasteiger partial charge on any atom is -0.399 e. The van der Waals surface area contributed by atoms with Crippen molar-refractivity contribution in [3.05, 3.63) is 29.8 Å². The van der Waals surface area contributed by atoms with Crippen LogP contribution in [0.15, 0.2) is 24.3 Å². The standard InChI is InChI=1S/C15H24N2/c1-13-5-4-10-17(11-8-13)12-9-14-6-2-3-7-15(14)16/h2-3,6-7,13H,4-5,8-12,16H2,1H3. The quantitative estimate of drug-likeness (QED) is 0.812. The molecule has 0 aliphatic carbocycles. The van der Waals surface area contributed by atoms with Crippen LogP contribution in [0.3, 0.4) is 0 Å². The molecule has 0 radical (unpaired) electrons. The largest absolute Gasteiger partial charge is 0.399 e. The van der Waals surface area contributed by atoms with Crippen LogP contribution in [-0.4, -0.2) is 24.5 Å². The Kier molecular flexibility index (Phi) is 4.43. The first-order valence-corrected chi connectivity index (χ1v) is 6.81. The summed E-state index contributed by atoms with van der Waals surface area (Å²) in [4.78, 5) is 2.59. The van der Waals surface area contributed by atoms with Gasteiger partial charge < -0.3 is 10.6 Å². The number of para-hydroxylation sites is 1. The van der Waals surface area contributed by atoms with E-state index in [0.717, 1.165) is 24.6 Å². The van der Waals surface area contributed by atoms with Gasteiger partial charge in [0.2, 0.25) is 0 Å². The molecule has 17 heavy (non-hydrogen) atoms. The number of anilines is 1. The summed E-state index contributed by atoms with van der Waals surface area (Å²) in [5.74, 6) is 0.904. The van der Waals surface area contributed by atoms with Crippen molar-refractivity contribution in [3.63, 3.8) is 0 Å². The molecule has 1 fully saturated rings. The van der Waals surface area contributed by atoms with Crippen LogP contribution in [0.2, 0.25) is 0 Å². The Morgan fingerprint density at radius 1 is 1.24 bits per heavy atom. The number of nitrogen functional groups attached to an aromatic ring is 1. The van der Waals surface area contributed by atoms with Crippen LogP contribution in [0.1, 0.15) is 31.7 Å². The maximum Gasteiger partial charge on any atom is 0.0347 e. The van der Waals surface area contributed by atoms with Crippen molar-refractivity contribution in [1.82, 2.24) is 4.90 Å². The van der Waals surface area contributed by atoms with Crippen molar-refractivity contribution < 1.29 is 0 Å². The first-order valence-electron chi connectivity index (χ1n) is 6.81. The van der Waals surface area contributed by atoms with Crippen LogP contribution in [0.5, 0.6) is 0 Å². The van der Waals surface area contributed by atoms with Crippen molar-refractivity contribution in [3.8, 4) is 0 Å². The van der Waals surface area contributed by atoms with E-state index in [1.54, 1.807) is 0 Å². The summed E-state index contributed by atoms with van der Waals surface area (Å²) in [6.07, 6.45) is 5.18. The molecule has 0 saturated carbocycles. The van der Waals surface area contributed by atoms with Crippen molar-refractivity contribution in [1.29, 1.82) is 0 Å². The molecule has 0 bridgehead atoms. The molecule has 1 aromatic rings. The molecule has 1 heterocycles. The van der Waals surface area contributed by atoms with E-state index in [1.807, 2.05) is 12.1 Å². The normalized spacial score (nSPS) is 22.3. The molecule has 2 heteroatoms. The highest BCUT2D eigenvalue weighted by Gasteiger charge is 2.13. The average molecular weight is 232 g/mol. The predicted octanol–water partition coefficient (Wildman–Crippen LogP) is 2.93. The third-order valence-electron chi connectivity index (χ3n) is 3.86. The second-order valence-electron chi connectivity index (χ2n) is 5.33. The highest BCUT2D eigenvalue weighted by Crippen LogP contribution is 2.17. The second kappa shape index (κ2) is 6.06. The molecule has 94 valence electrons. The number of hydrogen-bond acceptors (Lipinski definition) is 2. The highest BCUT2D eigenvalue weighted by molar-refractivity contribution is 5.46. The predicted molar refractivity (Wildman–Crippen MR) is 74.0 cm³/mol. The minimum atomic E-state index is 0.904. The van der Waals surface area contributed by atoms with Crippen molar-refractivity contribution in [2.24, 2.45) is 5.92 Å². The number of rotatable bonds is 3. The maximum absolute atomic E-state index is 5.97. The lowest BCUT2D eigenvalue weighted by atomic mass is 10.0. The molecule has 0 aromatic heterocycles. The molecule has 1 saturated heterocycles. The Morgan fingerprint density at radius 2 is 2.06 bits per heavy atom. The van der Waals surface area contributed by atoms with E-state index in [1.165, 1.54) is 37.9 Å². The van der Waals surface area contributed by atoms with Gasteiger partial charge in [-0.25, -0.2) is 0 Å². The fourth-order valence-corrected chi connectivity index (χ4v) is 2.59. The van der Waals surface area contributed by atoms with E-state index in [2.05, 4.69) is 24.0 Å². The van der Waals surface area contributed by atoms with E-state index in [4.69, 9.17) is 5.73 Å². The summed E-state index contributed by atoms with van der Waals surface area (Å²) in [7, 11) is 0. The Labute approximate surface area is 105 Å². The Morgan fingerprint density at radius 3 is 2.88 bits per heavy atom. The summed E-state index contributed by atoms with van der Waals surface area (Å²) in [5.41, 5.74) is 8.21. The van der Waals surface area contributed by atoms with Gasteiger partial charge in [0.1, 0.15) is 0 Å². The fraction of sp³-hybridized carbons (Fsp3) is 0.600. The molecule has 1 aliphatic heterocycles. The smallest absolute Gasteiger partial charge is 0.0347 e. The van der Waals surface area contributed by atoms with E-state index in [9.17, 15) is 0 Å². The number of nitrogens with zero attached hydrogens (tertiary/aromatic N) is 1. The summed E-state index contributed by atoms with van der Waals surface area (Å²) in [5, 5.41) is 0. The van der Waals surface area contributed by atoms with E-state index in [-0.39, 0.29) is 0 Å². The van der Waals surface area contributed by atoms with E-state index in [0.29, 0.717) is 0 Å². The van der Waals surface area contributed by atoms with E-state index >= 15 is 0 Å². The van der Waals surface area contributed by atoms with Crippen molar-refractivity contribution >= 4 is 5.69 Å². The van der Waals surface area contributed by atoms with Gasteiger partial charge in [-0.3, -0.25) is 0 Å². The first kappa shape index (κ1) is 12.4. The molecule has 0 amide bonds. The molecular formula is C15H24N2. The zero-order valence-electron chi connectivity index (χ0n) is 10.9. The molecule has 1 unspecified atom stereocenters. The summed E-state index contributed by atoms with van der Waals surface area (Å²) >= 11 is 0. The van der Waals surface area contributed by atoms with Crippen molar-refractivity contribution in [2.45, 2.75) is 32.6 Å². The summed E-state index contributed by atoms with van der Waals surface area (Å²) < 4.78 is 0. The Balaban J connectivity index is 1.83. The van der Waals surface area contributed by atoms with Crippen LogP contribution < -0.4 is 5.73 Å². The third kappa shape index (κ3) is 3.74. The van der Waals surface area contributed by atoms with Crippen LogP contribution in [-0.2, 0) is 6.42 Å². The van der Waals surface area contributed by atoms with Gasteiger partial charge >= 0.3 is 0 Å². The van der Waals surface area contributed by atoms with Crippen LogP contribution in [0.25, 0.3) is 0 Å². The van der Waals surface area contributed by atoms with Crippen molar-refractivity contribution in [2.75, 3.05) is 25.4 Å². The minimum absolute atomic E-state index is 0.904. The summed E-state index contributed by atoms with van der Waals surface area (Å²) in [6.45, 7) is 6.05. The molecule has 2 nitrogen and oxygen atoms in total. The lowest BCUT2D eigenvalue weighted by molar-refractivity contribution is 0.285. The number of hydrogen-bond donors (Lipinski definition) is 1. The number of nitrogens with two attached hydrogens (primary N) is 1. The van der Waals surface area contributed by atoms with Gasteiger partial charge in [0.25, 0.3) is 0 Å². The molecular weight excluding hydrogens is 208 g/mol. The molecule has 2 rings (SSSR count). The number of likely N-dealkylation sites (tertiary alicyclic amines) is 1. The molecule has 1 aromatic carbocycles. The molecule has 0 spiro atoms. The Bertz CT molecular complexity index is 349. The summed E-state index contributed by atoms with van der Waals surface area (Å²) in [6, 6.07) is 8.23. The van der Waals surface area contributed by atoms with Gasteiger partial charge in [0.05, 0.1) is 0 Å². The topological polar surface area (TPSA) is 29.3 Å². The lowest BCUT2D eigenvalue weighted by Gasteiger charge is -2.20. The maximum atomic E-state index is 5.97. The van der Waals surface area contributed by atoms with E-state index < -0.39 is 0 Å². The van der Waals surface area contributed by atoms with Gasteiger partial charge in [-0.1, -0.05) is 25.1 Å². The van der Waals surface area contributed by atoms with Gasteiger partial charge in [-0.05, 0) is 56.3 Å². The van der Waals surface area contributed by atoms with Crippen LogP contribution in [0.4, 0.5) is 5.69 Å². The fourth-order valence-electron chi connectivity index (χ4n) is 2.59. The monoisotopic (exact) mass is 232 g/mol. The molecule has 2 N–H and O–H groups in total. The number of benzene rings is 1.